The molecule has 0 amide bonds. The van der Waals surface area contributed by atoms with Crippen molar-refractivity contribution in [3.63, 3.8) is 0 Å². The van der Waals surface area contributed by atoms with Crippen LogP contribution in [0.5, 0.6) is 0 Å². The van der Waals surface area contributed by atoms with Gasteiger partial charge in [-0.1, -0.05) is 18.0 Å². The third kappa shape index (κ3) is 2.95. The van der Waals surface area contributed by atoms with Crippen LogP contribution in [-0.4, -0.2) is 16.0 Å². The first kappa shape index (κ1) is 10.5. The van der Waals surface area contributed by atoms with Gasteiger partial charge in [-0.25, -0.2) is 0 Å². The fraction of sp³-hybridized carbons (Fsp3) is 0. The zero-order valence-corrected chi connectivity index (χ0v) is 8.57. The molecule has 1 rings (SSSR count). The quantitative estimate of drug-likeness (QED) is 0.232. The number of aromatic nitrogens is 1. The van der Waals surface area contributed by atoms with Gasteiger partial charge in [-0.15, -0.1) is 17.3 Å². The average Bonchev–Trinajstić information content (AvgIpc) is 2.05. The molecule has 0 unspecified atom stereocenters. The minimum absolute atomic E-state index is 0. The number of oxime groups is 1. The first-order valence-corrected chi connectivity index (χ1v) is 2.64. The van der Waals surface area contributed by atoms with Crippen molar-refractivity contribution in [1.29, 1.82) is 0 Å². The second-order valence-corrected chi connectivity index (χ2v) is 1.64. The van der Waals surface area contributed by atoms with Gasteiger partial charge < -0.3 is 15.9 Å². The molecule has 0 saturated heterocycles. The van der Waals surface area contributed by atoms with Crippen molar-refractivity contribution < 1.29 is 37.9 Å². The predicted molar refractivity (Wildman–Crippen MR) is 35.6 cm³/mol. The summed E-state index contributed by atoms with van der Waals surface area (Å²) in [6.07, 6.45) is 3.03. The Bertz CT molecular complexity index is 237. The average molecular weight is 225 g/mol. The Labute approximate surface area is 89.4 Å². The van der Waals surface area contributed by atoms with E-state index in [4.69, 9.17) is 10.9 Å². The molecule has 0 atom stereocenters. The molecule has 5 heteroatoms. The van der Waals surface area contributed by atoms with E-state index >= 15 is 0 Å². The molecule has 1 heterocycles. The molecular weight excluding hydrogens is 219 g/mol. The Morgan fingerprint density at radius 2 is 2.45 bits per heavy atom. The topological polar surface area (TPSA) is 71.5 Å². The van der Waals surface area contributed by atoms with Gasteiger partial charge in [0, 0.05) is 32.7 Å². The second-order valence-electron chi connectivity index (χ2n) is 1.64. The molecule has 0 spiro atoms. The molecule has 55 valence electrons. The third-order valence-electron chi connectivity index (χ3n) is 0.987. The number of rotatable bonds is 1. The van der Waals surface area contributed by atoms with Crippen LogP contribution >= 0.6 is 0 Å². The first-order chi connectivity index (χ1) is 4.84. The smallest absolute Gasteiger partial charge is 0.0875 e. The van der Waals surface area contributed by atoms with Crippen LogP contribution in [0.25, 0.3) is 0 Å². The molecule has 0 aromatic carbocycles. The molecule has 11 heavy (non-hydrogen) atoms. The summed E-state index contributed by atoms with van der Waals surface area (Å²) in [5, 5.41) is 11.0. The number of nitrogens with zero attached hydrogens (tertiary/aromatic N) is 2. The Balaban J connectivity index is 0.000001000. The Morgan fingerprint density at radius 3 is 2.91 bits per heavy atom. The minimum atomic E-state index is 0. The van der Waals surface area contributed by atoms with E-state index in [1.54, 1.807) is 12.3 Å². The summed E-state index contributed by atoms with van der Waals surface area (Å²) in [5.74, 6) is 0.0214. The van der Waals surface area contributed by atoms with Crippen LogP contribution in [0.2, 0.25) is 0 Å². The summed E-state index contributed by atoms with van der Waals surface area (Å²) in [5.41, 5.74) is 5.71. The number of nitrogens with two attached hydrogens (primary N) is 1. The zero-order chi connectivity index (χ0) is 7.40. The van der Waals surface area contributed by atoms with E-state index in [0.717, 1.165) is 0 Å². The van der Waals surface area contributed by atoms with Crippen molar-refractivity contribution in [2.75, 3.05) is 0 Å². The third-order valence-corrected chi connectivity index (χ3v) is 0.987. The van der Waals surface area contributed by atoms with Crippen molar-refractivity contribution in [3.8, 4) is 0 Å². The van der Waals surface area contributed by atoms with E-state index in [1.807, 2.05) is 0 Å². The van der Waals surface area contributed by atoms with Crippen molar-refractivity contribution in [2.45, 2.75) is 0 Å². The molecule has 3 N–H and O–H groups in total. The monoisotopic (exact) mass is 225 g/mol. The predicted octanol–water partition coefficient (Wildman–Crippen LogP) is -0.0262. The van der Waals surface area contributed by atoms with E-state index < -0.39 is 0 Å². The van der Waals surface area contributed by atoms with Gasteiger partial charge in [-0.2, -0.15) is 0 Å². The minimum Gasteiger partial charge on any atom is -0.419 e. The second kappa shape index (κ2) is 5.21. The molecule has 0 aliphatic rings. The molecule has 0 aliphatic heterocycles. The van der Waals surface area contributed by atoms with Gasteiger partial charge in [0.25, 0.3) is 0 Å². The summed E-state index contributed by atoms with van der Waals surface area (Å²) in [4.78, 5) is 3.75. The molecule has 1 radical (unpaired) electrons. The Morgan fingerprint density at radius 1 is 1.73 bits per heavy atom. The van der Waals surface area contributed by atoms with Crippen LogP contribution in [0.4, 0.5) is 0 Å². The summed E-state index contributed by atoms with van der Waals surface area (Å²) < 4.78 is 0. The van der Waals surface area contributed by atoms with Crippen molar-refractivity contribution in [3.05, 3.63) is 30.1 Å². The maximum Gasteiger partial charge on any atom is 0.0875 e. The normalized spacial score (nSPS) is 10.4. The van der Waals surface area contributed by atoms with E-state index in [9.17, 15) is 0 Å². The Kier molecular flexibility index (Phi) is 4.99. The molecule has 0 saturated carbocycles. The zero-order valence-electron chi connectivity index (χ0n) is 5.73. The molecule has 4 nitrogen and oxygen atoms in total. The molecular formula is C6H6N3OY-. The van der Waals surface area contributed by atoms with Crippen molar-refractivity contribution >= 4 is 5.84 Å². The molecule has 1 aromatic heterocycles. The number of hydrogen-bond acceptors (Lipinski definition) is 3. The maximum absolute atomic E-state index is 8.20. The van der Waals surface area contributed by atoms with Crippen molar-refractivity contribution in [1.82, 2.24) is 4.98 Å². The van der Waals surface area contributed by atoms with Crippen LogP contribution in [0.15, 0.2) is 23.6 Å². The fourth-order valence-corrected chi connectivity index (χ4v) is 0.519. The van der Waals surface area contributed by atoms with Crippen molar-refractivity contribution in [2.24, 2.45) is 10.9 Å². The fourth-order valence-electron chi connectivity index (χ4n) is 0.519. The SMILES string of the molecule is N/C(=N\O)c1[c-]ccnc1.[Y]. The van der Waals surface area contributed by atoms with Gasteiger partial charge in [-0.05, 0) is 0 Å². The van der Waals surface area contributed by atoms with Gasteiger partial charge in [0.15, 0.2) is 0 Å². The standard InChI is InChI=1S/C6H6N3O.Y/c7-6(9-10)5-2-1-3-8-4-5;/h1,3-4,10H,(H2,7,9);/q-1;. The van der Waals surface area contributed by atoms with Crippen LogP contribution in [0, 0.1) is 6.07 Å². The molecule has 1 aromatic rings. The van der Waals surface area contributed by atoms with Gasteiger partial charge in [-0.3, -0.25) is 0 Å². The summed E-state index contributed by atoms with van der Waals surface area (Å²) in [6, 6.07) is 4.33. The van der Waals surface area contributed by atoms with Gasteiger partial charge >= 0.3 is 0 Å². The number of pyridine rings is 1. The molecule has 0 fully saturated rings. The van der Waals surface area contributed by atoms with Crippen LogP contribution in [-0.2, 0) is 32.7 Å². The van der Waals surface area contributed by atoms with E-state index in [2.05, 4.69) is 16.2 Å². The van der Waals surface area contributed by atoms with Gasteiger partial charge in [0.2, 0.25) is 0 Å². The molecule has 0 bridgehead atoms. The van der Waals surface area contributed by atoms with Crippen LogP contribution in [0.1, 0.15) is 5.56 Å². The van der Waals surface area contributed by atoms with E-state index in [1.165, 1.54) is 6.20 Å². The largest absolute Gasteiger partial charge is 0.419 e. The Hall–Kier alpha value is -0.476. The van der Waals surface area contributed by atoms with Gasteiger partial charge in [0.1, 0.15) is 0 Å². The van der Waals surface area contributed by atoms with E-state index in [0.29, 0.717) is 5.56 Å². The summed E-state index contributed by atoms with van der Waals surface area (Å²) in [6.45, 7) is 0. The summed E-state index contributed by atoms with van der Waals surface area (Å²) >= 11 is 0. The van der Waals surface area contributed by atoms with Gasteiger partial charge in [0.05, 0.1) is 5.84 Å². The number of amidine groups is 1. The molecule has 0 aliphatic carbocycles. The maximum atomic E-state index is 8.20. The van der Waals surface area contributed by atoms with Crippen LogP contribution < -0.4 is 5.73 Å². The van der Waals surface area contributed by atoms with Crippen LogP contribution in [0.3, 0.4) is 0 Å². The number of hydrogen-bond donors (Lipinski definition) is 2. The summed E-state index contributed by atoms with van der Waals surface area (Å²) in [7, 11) is 0. The first-order valence-electron chi connectivity index (χ1n) is 2.64. The van der Waals surface area contributed by atoms with E-state index in [-0.39, 0.29) is 38.5 Å².